The molecule has 1 rings (SSSR count). The van der Waals surface area contributed by atoms with Gasteiger partial charge in [-0.2, -0.15) is 4.39 Å². The van der Waals surface area contributed by atoms with Crippen LogP contribution in [0.3, 0.4) is 0 Å². The first-order valence-electron chi connectivity index (χ1n) is 4.08. The van der Waals surface area contributed by atoms with Gasteiger partial charge in [-0.05, 0) is 18.6 Å². The van der Waals surface area contributed by atoms with Gasteiger partial charge >= 0.3 is 0 Å². The van der Waals surface area contributed by atoms with Gasteiger partial charge in [-0.1, -0.05) is 13.8 Å². The van der Waals surface area contributed by atoms with E-state index in [2.05, 4.69) is 4.98 Å². The minimum atomic E-state index is -0.606. The van der Waals surface area contributed by atoms with E-state index in [1.54, 1.807) is 6.92 Å². The Balaban J connectivity index is 0.000000671. The molecular formula is C9H14FN3. The summed E-state index contributed by atoms with van der Waals surface area (Å²) in [5.74, 6) is -0.539. The summed E-state index contributed by atoms with van der Waals surface area (Å²) in [6.45, 7) is 5.68. The van der Waals surface area contributed by atoms with E-state index in [4.69, 9.17) is 11.1 Å². The molecule has 0 aromatic carbocycles. The van der Waals surface area contributed by atoms with E-state index in [1.165, 1.54) is 6.07 Å². The number of hydrogen-bond acceptors (Lipinski definition) is 3. The summed E-state index contributed by atoms with van der Waals surface area (Å²) in [4.78, 5) is 3.37. The number of nitrogens with one attached hydrogen (secondary N) is 1. The summed E-state index contributed by atoms with van der Waals surface area (Å²) in [6, 6.07) is 1.25. The lowest BCUT2D eigenvalue weighted by molar-refractivity contribution is 0.584. The third-order valence-corrected chi connectivity index (χ3v) is 1.41. The summed E-state index contributed by atoms with van der Waals surface area (Å²) in [5, 5.41) is 6.93. The maximum atomic E-state index is 12.5. The molecule has 0 fully saturated rings. The third-order valence-electron chi connectivity index (χ3n) is 1.41. The molecule has 0 bridgehead atoms. The quantitative estimate of drug-likeness (QED) is 0.517. The van der Waals surface area contributed by atoms with Gasteiger partial charge in [-0.25, -0.2) is 4.98 Å². The van der Waals surface area contributed by atoms with Crippen LogP contribution in [-0.2, 0) is 0 Å². The average Bonchev–Trinajstić information content (AvgIpc) is 2.07. The number of aromatic nitrogens is 1. The molecule has 1 heterocycles. The van der Waals surface area contributed by atoms with Gasteiger partial charge in [-0.15, -0.1) is 0 Å². The molecule has 0 saturated carbocycles. The van der Waals surface area contributed by atoms with Crippen molar-refractivity contribution in [2.45, 2.75) is 20.8 Å². The molecule has 0 spiro atoms. The van der Waals surface area contributed by atoms with Gasteiger partial charge in [0.25, 0.3) is 0 Å². The summed E-state index contributed by atoms with van der Waals surface area (Å²) in [5.41, 5.74) is 6.44. The van der Waals surface area contributed by atoms with Crippen LogP contribution in [0.15, 0.2) is 6.07 Å². The zero-order chi connectivity index (χ0) is 10.4. The van der Waals surface area contributed by atoms with Gasteiger partial charge in [0, 0.05) is 11.8 Å². The van der Waals surface area contributed by atoms with E-state index in [1.807, 2.05) is 13.8 Å². The molecule has 0 aliphatic carbocycles. The second kappa shape index (κ2) is 5.24. The number of aryl methyl sites for hydroxylation is 1. The Bertz CT molecular complexity index is 274. The maximum Gasteiger partial charge on any atom is 0.215 e. The van der Waals surface area contributed by atoms with Gasteiger partial charge in [0.05, 0.1) is 0 Å². The van der Waals surface area contributed by atoms with Crippen molar-refractivity contribution in [2.75, 3.05) is 5.73 Å². The van der Waals surface area contributed by atoms with Gasteiger partial charge in [0.1, 0.15) is 5.82 Å². The summed E-state index contributed by atoms with van der Waals surface area (Å²) >= 11 is 0. The van der Waals surface area contributed by atoms with E-state index >= 15 is 0 Å². The highest BCUT2D eigenvalue weighted by atomic mass is 19.1. The van der Waals surface area contributed by atoms with Crippen LogP contribution in [0.2, 0.25) is 0 Å². The van der Waals surface area contributed by atoms with Crippen LogP contribution in [0.5, 0.6) is 0 Å². The Hall–Kier alpha value is -1.45. The van der Waals surface area contributed by atoms with Gasteiger partial charge in [0.15, 0.2) is 0 Å². The smallest absolute Gasteiger partial charge is 0.215 e. The lowest BCUT2D eigenvalue weighted by Gasteiger charge is -2.01. The van der Waals surface area contributed by atoms with E-state index < -0.39 is 5.95 Å². The SMILES string of the molecule is CC.Cc1cc(F)nc(N)c1C=N. The molecule has 0 radical (unpaired) electrons. The van der Waals surface area contributed by atoms with Gasteiger partial charge in [0.2, 0.25) is 5.95 Å². The second-order valence-corrected chi connectivity index (χ2v) is 2.21. The molecule has 0 aliphatic heterocycles. The zero-order valence-corrected chi connectivity index (χ0v) is 8.06. The molecule has 0 unspecified atom stereocenters. The molecule has 13 heavy (non-hydrogen) atoms. The number of halogens is 1. The van der Waals surface area contributed by atoms with Crippen LogP contribution in [0.4, 0.5) is 10.2 Å². The standard InChI is InChI=1S/C7H8FN3.C2H6/c1-4-2-6(8)11-7(10)5(4)3-9;1-2/h2-3,9H,1H3,(H2,10,11);1-2H3. The first-order valence-corrected chi connectivity index (χ1v) is 4.08. The van der Waals surface area contributed by atoms with Crippen molar-refractivity contribution in [3.8, 4) is 0 Å². The molecule has 72 valence electrons. The van der Waals surface area contributed by atoms with Crippen molar-refractivity contribution in [1.82, 2.24) is 4.98 Å². The normalized spacial score (nSPS) is 8.62. The van der Waals surface area contributed by atoms with Gasteiger partial charge in [-0.3, -0.25) is 0 Å². The van der Waals surface area contributed by atoms with Gasteiger partial charge < -0.3 is 11.1 Å². The van der Waals surface area contributed by atoms with E-state index in [0.717, 1.165) is 6.21 Å². The number of pyridine rings is 1. The van der Waals surface area contributed by atoms with Crippen LogP contribution >= 0.6 is 0 Å². The van der Waals surface area contributed by atoms with Crippen molar-refractivity contribution >= 4 is 12.0 Å². The Morgan fingerprint density at radius 2 is 2.08 bits per heavy atom. The molecular weight excluding hydrogens is 169 g/mol. The number of hydrogen-bond donors (Lipinski definition) is 2. The average molecular weight is 183 g/mol. The van der Waals surface area contributed by atoms with Crippen molar-refractivity contribution in [1.29, 1.82) is 5.41 Å². The lowest BCUT2D eigenvalue weighted by atomic mass is 10.1. The molecule has 4 heteroatoms. The minimum Gasteiger partial charge on any atom is -0.383 e. The topological polar surface area (TPSA) is 62.8 Å². The predicted molar refractivity (Wildman–Crippen MR) is 52.6 cm³/mol. The van der Waals surface area contributed by atoms with Crippen LogP contribution in [0.1, 0.15) is 25.0 Å². The highest BCUT2D eigenvalue weighted by molar-refractivity contribution is 5.85. The summed E-state index contributed by atoms with van der Waals surface area (Å²) < 4.78 is 12.5. The van der Waals surface area contributed by atoms with Crippen molar-refractivity contribution in [3.63, 3.8) is 0 Å². The molecule has 0 aliphatic rings. The van der Waals surface area contributed by atoms with Crippen LogP contribution < -0.4 is 5.73 Å². The molecule has 3 nitrogen and oxygen atoms in total. The van der Waals surface area contributed by atoms with E-state index in [9.17, 15) is 4.39 Å². The largest absolute Gasteiger partial charge is 0.383 e. The zero-order valence-electron chi connectivity index (χ0n) is 8.06. The Labute approximate surface area is 77.3 Å². The number of nitrogens with zero attached hydrogens (tertiary/aromatic N) is 1. The minimum absolute atomic E-state index is 0.0671. The fraction of sp³-hybridized carbons (Fsp3) is 0.333. The molecule has 0 amide bonds. The number of nitrogens with two attached hydrogens (primary N) is 1. The number of rotatable bonds is 1. The Morgan fingerprint density at radius 1 is 1.54 bits per heavy atom. The fourth-order valence-electron chi connectivity index (χ4n) is 0.854. The Morgan fingerprint density at radius 3 is 2.46 bits per heavy atom. The predicted octanol–water partition coefficient (Wildman–Crippen LogP) is 2.14. The molecule has 3 N–H and O–H groups in total. The highest BCUT2D eigenvalue weighted by Gasteiger charge is 2.03. The van der Waals surface area contributed by atoms with Crippen LogP contribution in [-0.4, -0.2) is 11.2 Å². The molecule has 1 aromatic heterocycles. The maximum absolute atomic E-state index is 12.5. The van der Waals surface area contributed by atoms with Crippen molar-refractivity contribution < 1.29 is 4.39 Å². The molecule has 0 saturated heterocycles. The first kappa shape index (κ1) is 11.6. The first-order chi connectivity index (χ1) is 6.15. The number of anilines is 1. The second-order valence-electron chi connectivity index (χ2n) is 2.21. The Kier molecular flexibility index (Phi) is 4.66. The third kappa shape index (κ3) is 2.82. The summed E-state index contributed by atoms with van der Waals surface area (Å²) in [6.07, 6.45) is 1.07. The van der Waals surface area contributed by atoms with Crippen LogP contribution in [0, 0.1) is 18.3 Å². The van der Waals surface area contributed by atoms with E-state index in [0.29, 0.717) is 11.1 Å². The monoisotopic (exact) mass is 183 g/mol. The van der Waals surface area contributed by atoms with Crippen LogP contribution in [0.25, 0.3) is 0 Å². The summed E-state index contributed by atoms with van der Waals surface area (Å²) in [7, 11) is 0. The van der Waals surface area contributed by atoms with Crippen molar-refractivity contribution in [3.05, 3.63) is 23.1 Å². The highest BCUT2D eigenvalue weighted by Crippen LogP contribution is 2.12. The number of nitrogen functional groups attached to an aromatic ring is 1. The van der Waals surface area contributed by atoms with E-state index in [-0.39, 0.29) is 5.82 Å². The fourth-order valence-corrected chi connectivity index (χ4v) is 0.854. The van der Waals surface area contributed by atoms with Crippen molar-refractivity contribution in [2.24, 2.45) is 0 Å². The molecule has 0 atom stereocenters. The molecule has 1 aromatic rings. The lowest BCUT2D eigenvalue weighted by Crippen LogP contribution is -2.01.